The zero-order valence-electron chi connectivity index (χ0n) is 11.6. The van der Waals surface area contributed by atoms with Gasteiger partial charge in [0, 0.05) is 41.4 Å². The number of nitrogens with zero attached hydrogens (tertiary/aromatic N) is 1. The van der Waals surface area contributed by atoms with Crippen LogP contribution >= 0.6 is 0 Å². The Kier molecular flexibility index (Phi) is 7.32. The van der Waals surface area contributed by atoms with Gasteiger partial charge in [0.05, 0.1) is 0 Å². The van der Waals surface area contributed by atoms with Crippen LogP contribution in [-0.2, 0) is 10.8 Å². The molecular weight excluding hydrogens is 232 g/mol. The minimum Gasteiger partial charge on any atom is -0.314 e. The number of rotatable bonds is 7. The van der Waals surface area contributed by atoms with Gasteiger partial charge >= 0.3 is 0 Å². The fourth-order valence-corrected chi connectivity index (χ4v) is 3.19. The van der Waals surface area contributed by atoms with Crippen LogP contribution in [0.4, 0.5) is 0 Å². The summed E-state index contributed by atoms with van der Waals surface area (Å²) in [5.74, 6) is 2.35. The van der Waals surface area contributed by atoms with Gasteiger partial charge in [-0.05, 0) is 31.8 Å². The number of nitrogens with one attached hydrogen (secondary N) is 1. The van der Waals surface area contributed by atoms with Crippen LogP contribution in [0.2, 0.25) is 0 Å². The van der Waals surface area contributed by atoms with Crippen molar-refractivity contribution in [3.05, 3.63) is 0 Å². The van der Waals surface area contributed by atoms with Gasteiger partial charge in [-0.15, -0.1) is 0 Å². The Balaban J connectivity index is 2.24. The van der Waals surface area contributed by atoms with Crippen molar-refractivity contribution in [3.8, 4) is 0 Å². The van der Waals surface area contributed by atoms with Crippen molar-refractivity contribution in [2.45, 2.75) is 39.7 Å². The molecule has 4 heteroatoms. The molecule has 0 aliphatic carbocycles. The van der Waals surface area contributed by atoms with E-state index >= 15 is 0 Å². The summed E-state index contributed by atoms with van der Waals surface area (Å²) in [5, 5.41) is 3.63. The van der Waals surface area contributed by atoms with E-state index in [1.54, 1.807) is 0 Å². The van der Waals surface area contributed by atoms with Gasteiger partial charge in [0.1, 0.15) is 0 Å². The molecule has 17 heavy (non-hydrogen) atoms. The van der Waals surface area contributed by atoms with Crippen LogP contribution in [0.15, 0.2) is 0 Å². The van der Waals surface area contributed by atoms with Crippen LogP contribution in [0.25, 0.3) is 0 Å². The molecule has 0 saturated carbocycles. The summed E-state index contributed by atoms with van der Waals surface area (Å²) in [6.45, 7) is 11.0. The van der Waals surface area contributed by atoms with E-state index in [1.165, 1.54) is 12.8 Å². The Labute approximate surface area is 109 Å². The average molecular weight is 260 g/mol. The molecule has 1 rings (SSSR count). The Bertz CT molecular complexity index is 235. The summed E-state index contributed by atoms with van der Waals surface area (Å²) >= 11 is 0. The third-order valence-corrected chi connectivity index (χ3v) is 4.88. The second-order valence-corrected chi connectivity index (χ2v) is 6.93. The smallest absolute Gasteiger partial charge is 0.0362 e. The molecule has 1 fully saturated rings. The molecule has 0 aromatic rings. The van der Waals surface area contributed by atoms with Gasteiger partial charge in [-0.1, -0.05) is 20.8 Å². The fourth-order valence-electron chi connectivity index (χ4n) is 2.44. The highest BCUT2D eigenvalue weighted by Gasteiger charge is 2.25. The molecule has 0 spiro atoms. The minimum absolute atomic E-state index is 0.611. The maximum absolute atomic E-state index is 11.4. The van der Waals surface area contributed by atoms with E-state index in [9.17, 15) is 4.21 Å². The number of hydrogen-bond acceptors (Lipinski definition) is 3. The zero-order chi connectivity index (χ0) is 12.7. The molecule has 0 bridgehead atoms. The standard InChI is InChI=1S/C13H28N2OS/c1-4-7-14-13-6-8-15(11-12(13)3)9-10-17(16)5-2/h12-14H,4-11H2,1-3H3. The number of likely N-dealkylation sites (tertiary alicyclic amines) is 1. The summed E-state index contributed by atoms with van der Waals surface area (Å²) in [5.41, 5.74) is 0. The van der Waals surface area contributed by atoms with Crippen LogP contribution in [0.1, 0.15) is 33.6 Å². The average Bonchev–Trinajstić information content (AvgIpc) is 2.34. The predicted molar refractivity (Wildman–Crippen MR) is 75.9 cm³/mol. The topological polar surface area (TPSA) is 32.3 Å². The first-order chi connectivity index (χ1) is 8.17. The first-order valence-electron chi connectivity index (χ1n) is 6.98. The van der Waals surface area contributed by atoms with Gasteiger partial charge in [-0.25, -0.2) is 0 Å². The predicted octanol–water partition coefficient (Wildman–Crippen LogP) is 1.46. The molecule has 0 aromatic heterocycles. The minimum atomic E-state index is -0.611. The summed E-state index contributed by atoms with van der Waals surface area (Å²) in [4.78, 5) is 2.47. The second-order valence-electron chi connectivity index (χ2n) is 5.06. The Morgan fingerprint density at radius 1 is 1.41 bits per heavy atom. The zero-order valence-corrected chi connectivity index (χ0v) is 12.4. The lowest BCUT2D eigenvalue weighted by Gasteiger charge is -2.37. The fraction of sp³-hybridized carbons (Fsp3) is 1.00. The van der Waals surface area contributed by atoms with Crippen LogP contribution < -0.4 is 5.32 Å². The van der Waals surface area contributed by atoms with Crippen molar-refractivity contribution in [2.24, 2.45) is 5.92 Å². The van der Waals surface area contributed by atoms with E-state index in [4.69, 9.17) is 0 Å². The van der Waals surface area contributed by atoms with Crippen molar-refractivity contribution in [1.82, 2.24) is 10.2 Å². The number of piperidine rings is 1. The molecule has 1 heterocycles. The lowest BCUT2D eigenvalue weighted by atomic mass is 9.94. The maximum Gasteiger partial charge on any atom is 0.0362 e. The van der Waals surface area contributed by atoms with Crippen molar-refractivity contribution in [2.75, 3.05) is 37.7 Å². The van der Waals surface area contributed by atoms with E-state index < -0.39 is 10.8 Å². The molecule has 0 amide bonds. The molecule has 0 radical (unpaired) electrons. The molecule has 102 valence electrons. The van der Waals surface area contributed by atoms with Gasteiger partial charge in [-0.3, -0.25) is 4.21 Å². The first-order valence-corrected chi connectivity index (χ1v) is 8.46. The highest BCUT2D eigenvalue weighted by Crippen LogP contribution is 2.16. The van der Waals surface area contributed by atoms with Crippen molar-refractivity contribution >= 4 is 10.8 Å². The van der Waals surface area contributed by atoms with Crippen molar-refractivity contribution in [1.29, 1.82) is 0 Å². The summed E-state index contributed by atoms with van der Waals surface area (Å²) in [6.07, 6.45) is 2.45. The number of hydrogen-bond donors (Lipinski definition) is 1. The Hall–Kier alpha value is 0.0700. The highest BCUT2D eigenvalue weighted by molar-refractivity contribution is 7.84. The Morgan fingerprint density at radius 3 is 2.76 bits per heavy atom. The molecule has 1 N–H and O–H groups in total. The normalized spacial score (nSPS) is 28.2. The SMILES string of the molecule is CCCNC1CCN(CCS(=O)CC)CC1C. The summed E-state index contributed by atoms with van der Waals surface area (Å²) < 4.78 is 11.4. The van der Waals surface area contributed by atoms with Crippen LogP contribution in [0, 0.1) is 5.92 Å². The van der Waals surface area contributed by atoms with Crippen LogP contribution in [-0.4, -0.2) is 52.8 Å². The molecule has 1 saturated heterocycles. The summed E-state index contributed by atoms with van der Waals surface area (Å²) in [7, 11) is -0.611. The van der Waals surface area contributed by atoms with Gasteiger partial charge in [0.2, 0.25) is 0 Å². The van der Waals surface area contributed by atoms with E-state index in [-0.39, 0.29) is 0 Å². The van der Waals surface area contributed by atoms with Gasteiger partial charge in [0.25, 0.3) is 0 Å². The van der Waals surface area contributed by atoms with Crippen molar-refractivity contribution in [3.63, 3.8) is 0 Å². The molecule has 1 aliphatic rings. The maximum atomic E-state index is 11.4. The third kappa shape index (κ3) is 5.49. The highest BCUT2D eigenvalue weighted by atomic mass is 32.2. The van der Waals surface area contributed by atoms with E-state index in [0.717, 1.165) is 37.7 Å². The molecule has 3 atom stereocenters. The van der Waals surface area contributed by atoms with E-state index in [2.05, 4.69) is 24.1 Å². The van der Waals surface area contributed by atoms with Crippen LogP contribution in [0.3, 0.4) is 0 Å². The van der Waals surface area contributed by atoms with Gasteiger partial charge in [-0.2, -0.15) is 0 Å². The monoisotopic (exact) mass is 260 g/mol. The van der Waals surface area contributed by atoms with Gasteiger partial charge in [0.15, 0.2) is 0 Å². The van der Waals surface area contributed by atoms with Crippen LogP contribution in [0.5, 0.6) is 0 Å². The molecular formula is C13H28N2OS. The van der Waals surface area contributed by atoms with Gasteiger partial charge < -0.3 is 10.2 Å². The Morgan fingerprint density at radius 2 is 2.18 bits per heavy atom. The molecule has 1 aliphatic heterocycles. The lowest BCUT2D eigenvalue weighted by molar-refractivity contribution is 0.155. The van der Waals surface area contributed by atoms with Crippen molar-refractivity contribution < 1.29 is 4.21 Å². The second kappa shape index (κ2) is 8.22. The quantitative estimate of drug-likeness (QED) is 0.752. The van der Waals surface area contributed by atoms with E-state index in [0.29, 0.717) is 12.0 Å². The third-order valence-electron chi connectivity index (χ3n) is 3.60. The van der Waals surface area contributed by atoms with E-state index in [1.807, 2.05) is 6.92 Å². The summed E-state index contributed by atoms with van der Waals surface area (Å²) in [6, 6.07) is 0.683. The molecule has 3 nitrogen and oxygen atoms in total. The molecule has 3 unspecified atom stereocenters. The largest absolute Gasteiger partial charge is 0.314 e. The lowest BCUT2D eigenvalue weighted by Crippen LogP contribution is -2.49. The first kappa shape index (κ1) is 15.1. The molecule has 0 aromatic carbocycles.